The van der Waals surface area contributed by atoms with Gasteiger partial charge in [0.1, 0.15) is 5.52 Å². The number of carbonyl (C=O) groups is 1. The number of hydrogen-bond acceptors (Lipinski definition) is 5. The molecule has 152 valence electrons. The van der Waals surface area contributed by atoms with Gasteiger partial charge in [0.25, 0.3) is 0 Å². The lowest BCUT2D eigenvalue weighted by Crippen LogP contribution is -2.14. The normalized spacial score (nSPS) is 11.5. The first-order valence-electron chi connectivity index (χ1n) is 9.55. The summed E-state index contributed by atoms with van der Waals surface area (Å²) in [6.07, 6.45) is 0.378. The molecule has 1 heterocycles. The molecule has 0 saturated carbocycles. The number of nitrogens with one attached hydrogen (secondary N) is 1. The van der Waals surface area contributed by atoms with Crippen molar-refractivity contribution in [2.24, 2.45) is 0 Å². The summed E-state index contributed by atoms with van der Waals surface area (Å²) in [6, 6.07) is 23.0. The number of anilines is 1. The van der Waals surface area contributed by atoms with Crippen LogP contribution in [0, 0.1) is 0 Å². The third kappa shape index (κ3) is 4.58. The predicted molar refractivity (Wildman–Crippen MR) is 116 cm³/mol. The predicted octanol–water partition coefficient (Wildman–Crippen LogP) is 4.69. The number of benzene rings is 3. The van der Waals surface area contributed by atoms with E-state index in [-0.39, 0.29) is 29.4 Å². The fourth-order valence-electron chi connectivity index (χ4n) is 3.08. The van der Waals surface area contributed by atoms with Crippen molar-refractivity contribution in [3.63, 3.8) is 0 Å². The fourth-order valence-corrected chi connectivity index (χ4v) is 4.42. The van der Waals surface area contributed by atoms with Crippen molar-refractivity contribution in [3.05, 3.63) is 78.9 Å². The van der Waals surface area contributed by atoms with Crippen molar-refractivity contribution in [1.82, 2.24) is 4.98 Å². The second-order valence-corrected chi connectivity index (χ2v) is 8.96. The number of para-hydroxylation sites is 2. The number of rotatable bonds is 7. The van der Waals surface area contributed by atoms with Gasteiger partial charge < -0.3 is 9.73 Å². The Morgan fingerprint density at radius 3 is 2.33 bits per heavy atom. The van der Waals surface area contributed by atoms with Gasteiger partial charge in [-0.05, 0) is 55.0 Å². The SMILES string of the molecule is O=C(CCCS(=O)(=O)c1ccccc1)Nc1ccc(-c2nc3ccccc3o2)cc1. The number of nitrogens with zero attached hydrogens (tertiary/aromatic N) is 1. The molecule has 7 heteroatoms. The minimum atomic E-state index is -3.37. The molecular formula is C23H20N2O4S. The number of aromatic nitrogens is 1. The molecule has 1 N–H and O–H groups in total. The number of hydrogen-bond donors (Lipinski definition) is 1. The number of amides is 1. The Labute approximate surface area is 174 Å². The highest BCUT2D eigenvalue weighted by Crippen LogP contribution is 2.25. The summed E-state index contributed by atoms with van der Waals surface area (Å²) in [4.78, 5) is 16.9. The van der Waals surface area contributed by atoms with Crippen LogP contribution in [-0.2, 0) is 14.6 Å². The van der Waals surface area contributed by atoms with Crippen LogP contribution in [-0.4, -0.2) is 25.1 Å². The van der Waals surface area contributed by atoms with E-state index in [2.05, 4.69) is 10.3 Å². The van der Waals surface area contributed by atoms with Crippen LogP contribution in [0.2, 0.25) is 0 Å². The summed E-state index contributed by atoms with van der Waals surface area (Å²) in [5, 5.41) is 2.79. The van der Waals surface area contributed by atoms with Gasteiger partial charge in [-0.2, -0.15) is 0 Å². The highest BCUT2D eigenvalue weighted by molar-refractivity contribution is 7.91. The molecule has 0 unspecified atom stereocenters. The Hall–Kier alpha value is -3.45. The van der Waals surface area contributed by atoms with Crippen molar-refractivity contribution in [2.45, 2.75) is 17.7 Å². The van der Waals surface area contributed by atoms with Crippen LogP contribution < -0.4 is 5.32 Å². The average molecular weight is 420 g/mol. The van der Waals surface area contributed by atoms with Crippen molar-refractivity contribution < 1.29 is 17.6 Å². The van der Waals surface area contributed by atoms with E-state index in [1.807, 2.05) is 36.4 Å². The summed E-state index contributed by atoms with van der Waals surface area (Å²) >= 11 is 0. The van der Waals surface area contributed by atoms with E-state index >= 15 is 0 Å². The van der Waals surface area contributed by atoms with Crippen LogP contribution in [0.3, 0.4) is 0 Å². The monoisotopic (exact) mass is 420 g/mol. The molecule has 6 nitrogen and oxygen atoms in total. The zero-order valence-corrected chi connectivity index (χ0v) is 16.9. The van der Waals surface area contributed by atoms with Crippen molar-refractivity contribution in [3.8, 4) is 11.5 Å². The first kappa shape index (κ1) is 19.8. The van der Waals surface area contributed by atoms with Crippen LogP contribution in [0.15, 0.2) is 88.2 Å². The second kappa shape index (κ2) is 8.51. The molecule has 0 radical (unpaired) electrons. The molecule has 0 aliphatic heterocycles. The average Bonchev–Trinajstić information content (AvgIpc) is 3.19. The van der Waals surface area contributed by atoms with Crippen LogP contribution in [0.5, 0.6) is 0 Å². The summed E-state index contributed by atoms with van der Waals surface area (Å²) in [6.45, 7) is 0. The fraction of sp³-hybridized carbons (Fsp3) is 0.130. The summed E-state index contributed by atoms with van der Waals surface area (Å²) in [5.74, 6) is 0.217. The third-order valence-corrected chi connectivity index (χ3v) is 6.45. The Bertz CT molecular complexity index is 1230. The van der Waals surface area contributed by atoms with Gasteiger partial charge in [0.2, 0.25) is 11.8 Å². The van der Waals surface area contributed by atoms with E-state index in [1.165, 1.54) is 0 Å². The molecule has 4 rings (SSSR count). The Balaban J connectivity index is 1.32. The molecule has 30 heavy (non-hydrogen) atoms. The topological polar surface area (TPSA) is 89.3 Å². The zero-order valence-electron chi connectivity index (χ0n) is 16.1. The maximum atomic E-state index is 12.3. The van der Waals surface area contributed by atoms with Crippen LogP contribution in [0.25, 0.3) is 22.6 Å². The number of sulfone groups is 1. The zero-order chi connectivity index (χ0) is 21.0. The van der Waals surface area contributed by atoms with Gasteiger partial charge in [0, 0.05) is 17.7 Å². The highest BCUT2D eigenvalue weighted by atomic mass is 32.2. The molecule has 0 fully saturated rings. The number of carbonyl (C=O) groups excluding carboxylic acids is 1. The van der Waals surface area contributed by atoms with Gasteiger partial charge in [-0.15, -0.1) is 0 Å². The van der Waals surface area contributed by atoms with Crippen molar-refractivity contribution in [1.29, 1.82) is 0 Å². The largest absolute Gasteiger partial charge is 0.436 e. The lowest BCUT2D eigenvalue weighted by molar-refractivity contribution is -0.116. The minimum Gasteiger partial charge on any atom is -0.436 e. The maximum absolute atomic E-state index is 12.3. The molecule has 1 aromatic heterocycles. The van der Waals surface area contributed by atoms with Gasteiger partial charge in [0.05, 0.1) is 10.6 Å². The van der Waals surface area contributed by atoms with E-state index in [4.69, 9.17) is 4.42 Å². The summed E-state index contributed by atoms with van der Waals surface area (Å²) in [5.41, 5.74) is 2.94. The van der Waals surface area contributed by atoms with Crippen molar-refractivity contribution in [2.75, 3.05) is 11.1 Å². The molecule has 0 aliphatic carbocycles. The molecule has 0 bridgehead atoms. The van der Waals surface area contributed by atoms with Crippen molar-refractivity contribution >= 4 is 32.5 Å². The first-order chi connectivity index (χ1) is 14.5. The van der Waals surface area contributed by atoms with Gasteiger partial charge in [-0.25, -0.2) is 13.4 Å². The van der Waals surface area contributed by atoms with Gasteiger partial charge in [-0.1, -0.05) is 30.3 Å². The van der Waals surface area contributed by atoms with E-state index < -0.39 is 9.84 Å². The molecule has 0 spiro atoms. The van der Waals surface area contributed by atoms with E-state index in [9.17, 15) is 13.2 Å². The summed E-state index contributed by atoms with van der Waals surface area (Å²) < 4.78 is 30.3. The molecule has 0 aliphatic rings. The molecule has 4 aromatic rings. The molecule has 0 atom stereocenters. The minimum absolute atomic E-state index is 0.0684. The molecule has 3 aromatic carbocycles. The second-order valence-electron chi connectivity index (χ2n) is 6.85. The van der Waals surface area contributed by atoms with E-state index in [0.717, 1.165) is 16.7 Å². The smallest absolute Gasteiger partial charge is 0.227 e. The number of fused-ring (bicyclic) bond motifs is 1. The lowest BCUT2D eigenvalue weighted by atomic mass is 10.2. The van der Waals surface area contributed by atoms with E-state index in [0.29, 0.717) is 11.6 Å². The van der Waals surface area contributed by atoms with Crippen LogP contribution in [0.4, 0.5) is 5.69 Å². The molecule has 1 amide bonds. The molecule has 0 saturated heterocycles. The standard InChI is InChI=1S/C23H20N2O4S/c26-22(11-6-16-30(27,28)19-7-2-1-3-8-19)24-18-14-12-17(13-15-18)23-25-20-9-4-5-10-21(20)29-23/h1-5,7-10,12-15H,6,11,16H2,(H,24,26). The van der Waals surface area contributed by atoms with Gasteiger partial charge >= 0.3 is 0 Å². The van der Waals surface area contributed by atoms with Gasteiger partial charge in [-0.3, -0.25) is 4.79 Å². The maximum Gasteiger partial charge on any atom is 0.227 e. The summed E-state index contributed by atoms with van der Waals surface area (Å²) in [7, 11) is -3.37. The molecular weight excluding hydrogens is 400 g/mol. The van der Waals surface area contributed by atoms with Crippen LogP contribution in [0.1, 0.15) is 12.8 Å². The van der Waals surface area contributed by atoms with Crippen LogP contribution >= 0.6 is 0 Å². The third-order valence-electron chi connectivity index (χ3n) is 4.63. The van der Waals surface area contributed by atoms with Gasteiger partial charge in [0.15, 0.2) is 15.4 Å². The Morgan fingerprint density at radius 1 is 0.900 bits per heavy atom. The Morgan fingerprint density at radius 2 is 1.60 bits per heavy atom. The Kier molecular flexibility index (Phi) is 5.63. The number of oxazole rings is 1. The van der Waals surface area contributed by atoms with E-state index in [1.54, 1.807) is 42.5 Å². The lowest BCUT2D eigenvalue weighted by Gasteiger charge is -2.07. The highest BCUT2D eigenvalue weighted by Gasteiger charge is 2.14. The first-order valence-corrected chi connectivity index (χ1v) is 11.2. The quantitative estimate of drug-likeness (QED) is 0.469.